The normalized spacial score (nSPS) is 10.7. The molecule has 0 bridgehead atoms. The fourth-order valence-electron chi connectivity index (χ4n) is 2.37. The van der Waals surface area contributed by atoms with Crippen molar-refractivity contribution in [2.75, 3.05) is 5.32 Å². The molecule has 1 N–H and O–H groups in total. The third kappa shape index (κ3) is 4.00. The molecule has 0 fully saturated rings. The number of anilines is 1. The Hall–Kier alpha value is -2.37. The Kier molecular flexibility index (Phi) is 5.06. The summed E-state index contributed by atoms with van der Waals surface area (Å²) in [5.41, 5.74) is 1.78. The van der Waals surface area contributed by atoms with Gasteiger partial charge in [-0.3, -0.25) is 9.48 Å². The molecule has 25 heavy (non-hydrogen) atoms. The summed E-state index contributed by atoms with van der Waals surface area (Å²) in [4.78, 5) is 12.3. The number of amides is 1. The molecule has 0 atom stereocenters. The summed E-state index contributed by atoms with van der Waals surface area (Å²) >= 11 is 12.2. The fraction of sp³-hybridized carbons (Fsp3) is 0.111. The van der Waals surface area contributed by atoms with E-state index in [9.17, 15) is 9.18 Å². The zero-order valence-electron chi connectivity index (χ0n) is 13.3. The van der Waals surface area contributed by atoms with Crippen LogP contribution in [0, 0.1) is 12.7 Å². The highest BCUT2D eigenvalue weighted by Crippen LogP contribution is 2.24. The van der Waals surface area contributed by atoms with Gasteiger partial charge in [-0.25, -0.2) is 4.39 Å². The lowest BCUT2D eigenvalue weighted by molar-refractivity contribution is 0.102. The summed E-state index contributed by atoms with van der Waals surface area (Å²) in [5, 5.41) is 7.42. The van der Waals surface area contributed by atoms with E-state index in [2.05, 4.69) is 10.4 Å². The van der Waals surface area contributed by atoms with Gasteiger partial charge < -0.3 is 5.32 Å². The van der Waals surface area contributed by atoms with E-state index in [0.717, 1.165) is 5.56 Å². The zero-order valence-corrected chi connectivity index (χ0v) is 14.8. The molecular weight excluding hydrogens is 364 g/mol. The molecule has 4 nitrogen and oxygen atoms in total. The number of hydrogen-bond donors (Lipinski definition) is 1. The molecule has 0 unspecified atom stereocenters. The van der Waals surface area contributed by atoms with Gasteiger partial charge >= 0.3 is 0 Å². The van der Waals surface area contributed by atoms with Gasteiger partial charge in [0.25, 0.3) is 5.91 Å². The molecule has 0 aliphatic heterocycles. The number of aryl methyl sites for hydroxylation is 1. The predicted octanol–water partition coefficient (Wildman–Crippen LogP) is 4.94. The second-order valence-corrected chi connectivity index (χ2v) is 6.36. The van der Waals surface area contributed by atoms with Crippen LogP contribution in [0.4, 0.5) is 10.2 Å². The van der Waals surface area contributed by atoms with E-state index in [4.69, 9.17) is 23.2 Å². The molecule has 128 valence electrons. The highest BCUT2D eigenvalue weighted by Gasteiger charge is 2.14. The Morgan fingerprint density at radius 3 is 2.68 bits per heavy atom. The SMILES string of the molecule is Cc1cccc(C(=O)Nc2nn(Cc3c(F)cccc3Cl)cc2Cl)c1. The number of hydrogen-bond acceptors (Lipinski definition) is 2. The number of halogens is 3. The highest BCUT2D eigenvalue weighted by molar-refractivity contribution is 6.33. The number of nitrogens with zero attached hydrogens (tertiary/aromatic N) is 2. The maximum atomic E-state index is 13.9. The zero-order chi connectivity index (χ0) is 18.0. The first kappa shape index (κ1) is 17.5. The first-order chi connectivity index (χ1) is 11.9. The second kappa shape index (κ2) is 7.25. The number of carbonyl (C=O) groups is 1. The van der Waals surface area contributed by atoms with Gasteiger partial charge in [-0.1, -0.05) is 47.0 Å². The molecule has 0 radical (unpaired) electrons. The number of carbonyl (C=O) groups excluding carboxylic acids is 1. The van der Waals surface area contributed by atoms with Gasteiger partial charge in [0.05, 0.1) is 6.54 Å². The maximum Gasteiger partial charge on any atom is 0.256 e. The van der Waals surface area contributed by atoms with Crippen molar-refractivity contribution in [1.29, 1.82) is 0 Å². The number of aromatic nitrogens is 2. The Morgan fingerprint density at radius 2 is 1.96 bits per heavy atom. The summed E-state index contributed by atoms with van der Waals surface area (Å²) < 4.78 is 15.3. The smallest absolute Gasteiger partial charge is 0.256 e. The van der Waals surface area contributed by atoms with Crippen molar-refractivity contribution in [3.8, 4) is 0 Å². The molecular formula is C18H14Cl2FN3O. The van der Waals surface area contributed by atoms with Crippen LogP contribution >= 0.6 is 23.2 Å². The van der Waals surface area contributed by atoms with Gasteiger partial charge in [-0.15, -0.1) is 0 Å². The van der Waals surface area contributed by atoms with E-state index >= 15 is 0 Å². The van der Waals surface area contributed by atoms with Gasteiger partial charge in [0.15, 0.2) is 5.82 Å². The molecule has 0 aliphatic rings. The Balaban J connectivity index is 1.80. The van der Waals surface area contributed by atoms with E-state index in [1.54, 1.807) is 24.3 Å². The van der Waals surface area contributed by atoms with Gasteiger partial charge in [-0.2, -0.15) is 5.10 Å². The van der Waals surface area contributed by atoms with Crippen LogP contribution in [-0.2, 0) is 6.54 Å². The fourth-order valence-corrected chi connectivity index (χ4v) is 2.79. The number of rotatable bonds is 4. The average Bonchev–Trinajstić information content (AvgIpc) is 2.90. The summed E-state index contributed by atoms with van der Waals surface area (Å²) in [6.07, 6.45) is 1.51. The summed E-state index contributed by atoms with van der Waals surface area (Å²) in [6, 6.07) is 11.6. The maximum absolute atomic E-state index is 13.9. The van der Waals surface area contributed by atoms with Crippen LogP contribution in [0.25, 0.3) is 0 Å². The lowest BCUT2D eigenvalue weighted by Crippen LogP contribution is -2.13. The number of benzene rings is 2. The summed E-state index contributed by atoms with van der Waals surface area (Å²) in [7, 11) is 0. The van der Waals surface area contributed by atoms with Crippen molar-refractivity contribution in [2.24, 2.45) is 0 Å². The predicted molar refractivity (Wildman–Crippen MR) is 96.9 cm³/mol. The van der Waals surface area contributed by atoms with Crippen molar-refractivity contribution in [2.45, 2.75) is 13.5 Å². The first-order valence-electron chi connectivity index (χ1n) is 7.48. The van der Waals surface area contributed by atoms with Crippen molar-refractivity contribution in [3.63, 3.8) is 0 Å². The van der Waals surface area contributed by atoms with E-state index < -0.39 is 5.82 Å². The monoisotopic (exact) mass is 377 g/mol. The molecule has 1 heterocycles. The van der Waals surface area contributed by atoms with Gasteiger partial charge in [0.1, 0.15) is 10.8 Å². The Bertz CT molecular complexity index is 920. The summed E-state index contributed by atoms with van der Waals surface area (Å²) in [5.74, 6) is -0.537. The van der Waals surface area contributed by atoms with Crippen LogP contribution in [-0.4, -0.2) is 15.7 Å². The molecule has 3 aromatic rings. The molecule has 3 rings (SSSR count). The molecule has 0 saturated heterocycles. The molecule has 1 amide bonds. The quantitative estimate of drug-likeness (QED) is 0.699. The van der Waals surface area contributed by atoms with Gasteiger partial charge in [0, 0.05) is 22.3 Å². The van der Waals surface area contributed by atoms with Crippen molar-refractivity contribution in [3.05, 3.63) is 81.2 Å². The minimum absolute atomic E-state index is 0.103. The lowest BCUT2D eigenvalue weighted by atomic mass is 10.1. The topological polar surface area (TPSA) is 46.9 Å². The molecule has 7 heteroatoms. The molecule has 0 aliphatic carbocycles. The Labute approximate surface area is 154 Å². The summed E-state index contributed by atoms with van der Waals surface area (Å²) in [6.45, 7) is 2.00. The van der Waals surface area contributed by atoms with E-state index in [1.807, 2.05) is 13.0 Å². The largest absolute Gasteiger partial charge is 0.304 e. The van der Waals surface area contributed by atoms with Crippen molar-refractivity contribution >= 4 is 34.9 Å². The van der Waals surface area contributed by atoms with Gasteiger partial charge in [0.2, 0.25) is 0 Å². The standard InChI is InChI=1S/C18H14Cl2FN3O/c1-11-4-2-5-12(8-11)18(25)22-17-15(20)10-24(23-17)9-13-14(19)6-3-7-16(13)21/h2-8,10H,9H2,1H3,(H,22,23,25). The van der Waals surface area contributed by atoms with Crippen LogP contribution < -0.4 is 5.32 Å². The van der Waals surface area contributed by atoms with Crippen LogP contribution in [0.5, 0.6) is 0 Å². The Morgan fingerprint density at radius 1 is 1.20 bits per heavy atom. The highest BCUT2D eigenvalue weighted by atomic mass is 35.5. The minimum atomic E-state index is -0.426. The third-order valence-corrected chi connectivity index (χ3v) is 4.24. The molecule has 2 aromatic carbocycles. The average molecular weight is 378 g/mol. The first-order valence-corrected chi connectivity index (χ1v) is 8.23. The van der Waals surface area contributed by atoms with Gasteiger partial charge in [-0.05, 0) is 31.2 Å². The van der Waals surface area contributed by atoms with Crippen LogP contribution in [0.1, 0.15) is 21.5 Å². The molecule has 0 saturated carbocycles. The van der Waals surface area contributed by atoms with Crippen LogP contribution in [0.3, 0.4) is 0 Å². The molecule has 0 spiro atoms. The number of nitrogens with one attached hydrogen (secondary N) is 1. The van der Waals surface area contributed by atoms with Crippen LogP contribution in [0.2, 0.25) is 10.0 Å². The van der Waals surface area contributed by atoms with E-state index in [-0.39, 0.29) is 23.3 Å². The lowest BCUT2D eigenvalue weighted by Gasteiger charge is -2.06. The van der Waals surface area contributed by atoms with E-state index in [1.165, 1.54) is 23.0 Å². The second-order valence-electron chi connectivity index (χ2n) is 5.55. The van der Waals surface area contributed by atoms with Crippen molar-refractivity contribution in [1.82, 2.24) is 9.78 Å². The van der Waals surface area contributed by atoms with Crippen LogP contribution in [0.15, 0.2) is 48.7 Å². The molecule has 1 aromatic heterocycles. The third-order valence-electron chi connectivity index (χ3n) is 3.61. The minimum Gasteiger partial charge on any atom is -0.304 e. The van der Waals surface area contributed by atoms with E-state index in [0.29, 0.717) is 16.1 Å². The van der Waals surface area contributed by atoms with Crippen molar-refractivity contribution < 1.29 is 9.18 Å².